The molecule has 6 atom stereocenters. The first-order chi connectivity index (χ1) is 20.6. The highest BCUT2D eigenvalue weighted by molar-refractivity contribution is 5.84. The summed E-state index contributed by atoms with van der Waals surface area (Å²) in [7, 11) is 0. The number of alkyl halides is 1. The van der Waals surface area contributed by atoms with Crippen LogP contribution in [0.15, 0.2) is 12.1 Å². The van der Waals surface area contributed by atoms with Crippen molar-refractivity contribution in [1.29, 1.82) is 5.26 Å². The number of aliphatic hydroxyl groups is 1. The number of anilines is 2. The number of fused-ring (bicyclic) bond motifs is 4. The highest BCUT2D eigenvalue weighted by Gasteiger charge is 2.50. The Hall–Kier alpha value is -3.53. The van der Waals surface area contributed by atoms with Crippen molar-refractivity contribution in [2.45, 2.75) is 93.9 Å². The van der Waals surface area contributed by atoms with Crippen LogP contribution in [0.2, 0.25) is 0 Å². The fourth-order valence-electron chi connectivity index (χ4n) is 8.30. The molecule has 3 fully saturated rings. The summed E-state index contributed by atoms with van der Waals surface area (Å²) in [6, 6.07) is 5.49. The summed E-state index contributed by atoms with van der Waals surface area (Å²) in [4.78, 5) is 26.0. The Labute approximate surface area is 250 Å². The zero-order valence-electron chi connectivity index (χ0n) is 24.4. The van der Waals surface area contributed by atoms with Crippen molar-refractivity contribution in [1.82, 2.24) is 14.9 Å². The molecule has 5 heterocycles. The van der Waals surface area contributed by atoms with Gasteiger partial charge in [-0.25, -0.2) is 4.39 Å². The molecule has 0 radical (unpaired) electrons. The fourth-order valence-corrected chi connectivity index (χ4v) is 8.30. The number of nitrogen functional groups attached to an aromatic ring is 1. The number of aliphatic hydroxyl groups excluding tert-OH is 1. The third kappa shape index (κ3) is 4.51. The van der Waals surface area contributed by atoms with Gasteiger partial charge in [0.1, 0.15) is 36.3 Å². The van der Waals surface area contributed by atoms with E-state index >= 15 is 0 Å². The number of β-amino-alcohol motifs (C(OH)–C–C–N with tert-alkyl or cyclic N) is 1. The molecule has 1 aromatic carbocycles. The first-order valence-corrected chi connectivity index (χ1v) is 15.3. The molecule has 1 aliphatic carbocycles. The lowest BCUT2D eigenvalue weighted by atomic mass is 9.69. The van der Waals surface area contributed by atoms with Gasteiger partial charge in [0.05, 0.1) is 29.5 Å². The summed E-state index contributed by atoms with van der Waals surface area (Å²) in [6.45, 7) is 3.97. The quantitative estimate of drug-likeness (QED) is 0.439. The fraction of sp³-hybridized carbons (Fsp3) is 0.613. The third-order valence-corrected chi connectivity index (χ3v) is 10.5. The molecule has 2 aromatic rings. The molecule has 11 nitrogen and oxygen atoms in total. The number of nitrogens with two attached hydrogens (primary N) is 2. The van der Waals surface area contributed by atoms with Crippen LogP contribution in [-0.2, 0) is 28.2 Å². The van der Waals surface area contributed by atoms with Gasteiger partial charge >= 0.3 is 6.01 Å². The number of aromatic nitrogens is 2. The number of primary amides is 1. The Morgan fingerprint density at radius 1 is 1.33 bits per heavy atom. The van der Waals surface area contributed by atoms with Gasteiger partial charge in [0, 0.05) is 49.2 Å². The number of hydrogen-bond donors (Lipinski definition) is 3. The Morgan fingerprint density at radius 3 is 2.95 bits per heavy atom. The van der Waals surface area contributed by atoms with Crippen molar-refractivity contribution in [2.24, 2.45) is 5.73 Å². The minimum Gasteiger partial charge on any atom is -0.461 e. The van der Waals surface area contributed by atoms with Crippen molar-refractivity contribution >= 4 is 17.4 Å². The average Bonchev–Trinajstić information content (AvgIpc) is 3.65. The Morgan fingerprint density at radius 2 is 2.16 bits per heavy atom. The van der Waals surface area contributed by atoms with E-state index in [0.29, 0.717) is 54.1 Å². The van der Waals surface area contributed by atoms with Crippen molar-refractivity contribution < 1.29 is 23.8 Å². The second kappa shape index (κ2) is 10.3. The van der Waals surface area contributed by atoms with E-state index in [1.54, 1.807) is 11.0 Å². The third-order valence-electron chi connectivity index (χ3n) is 10.5. The van der Waals surface area contributed by atoms with Gasteiger partial charge in [-0.3, -0.25) is 9.69 Å². The molecule has 0 saturated carbocycles. The average molecular weight is 592 g/mol. The van der Waals surface area contributed by atoms with Crippen molar-refractivity contribution in [3.05, 3.63) is 40.1 Å². The van der Waals surface area contributed by atoms with Gasteiger partial charge in [0.15, 0.2) is 0 Å². The SMILES string of the molecule is C[C@H]1CC[C@]2(Cc3nc(OC[C@@]45CCCN4C[C@H](F)C5)nc(N4C[C@H](O)C[C@H]4C(N)=O)c3CO2)c2c1ccc(N)c2C#N. The van der Waals surface area contributed by atoms with E-state index in [1.165, 1.54) is 0 Å². The molecule has 12 heteroatoms. The minimum absolute atomic E-state index is 0.136. The summed E-state index contributed by atoms with van der Waals surface area (Å²) in [5.41, 5.74) is 14.9. The number of carbonyl (C=O) groups is 1. The molecule has 228 valence electrons. The number of benzene rings is 1. The molecule has 5 N–H and O–H groups in total. The summed E-state index contributed by atoms with van der Waals surface area (Å²) >= 11 is 0. The van der Waals surface area contributed by atoms with E-state index in [9.17, 15) is 19.6 Å². The van der Waals surface area contributed by atoms with Crippen LogP contribution in [-0.4, -0.2) is 76.0 Å². The number of hydrogen-bond acceptors (Lipinski definition) is 10. The van der Waals surface area contributed by atoms with Crippen LogP contribution in [0.5, 0.6) is 6.01 Å². The molecule has 3 saturated heterocycles. The van der Waals surface area contributed by atoms with Gasteiger partial charge in [0.25, 0.3) is 0 Å². The summed E-state index contributed by atoms with van der Waals surface area (Å²) in [5.74, 6) is 0.132. The number of amides is 1. The highest BCUT2D eigenvalue weighted by Crippen LogP contribution is 2.51. The summed E-state index contributed by atoms with van der Waals surface area (Å²) in [6.07, 6.45) is 2.70. The number of nitriles is 1. The van der Waals surface area contributed by atoms with Gasteiger partial charge in [0.2, 0.25) is 5.91 Å². The smallest absolute Gasteiger partial charge is 0.318 e. The standard InChI is InChI=1S/C31H38FN7O4/c1-17-5-7-31(26-20(17)3-4-23(34)21(26)12-33)11-24-22(15-43-31)28(39-14-19(40)9-25(39)27(35)41)37-29(36-24)42-16-30-6-2-8-38(30)13-18(32)10-30/h3-4,17-19,25,40H,2,5-11,13-16,34H2,1H3,(H2,35,41)/t17-,18+,19+,25-,30-,31-/m0/s1. The van der Waals surface area contributed by atoms with Crippen molar-refractivity contribution in [2.75, 3.05) is 36.9 Å². The Kier molecular flexibility index (Phi) is 6.76. The van der Waals surface area contributed by atoms with E-state index in [0.717, 1.165) is 36.9 Å². The van der Waals surface area contributed by atoms with Crippen LogP contribution in [0.4, 0.5) is 15.9 Å². The molecule has 0 unspecified atom stereocenters. The van der Waals surface area contributed by atoms with Gasteiger partial charge in [-0.05, 0) is 49.8 Å². The zero-order valence-corrected chi connectivity index (χ0v) is 24.4. The van der Waals surface area contributed by atoms with E-state index in [1.807, 2.05) is 6.07 Å². The molecule has 1 amide bonds. The molecule has 4 aliphatic heterocycles. The molecule has 0 bridgehead atoms. The van der Waals surface area contributed by atoms with Crippen LogP contribution in [0.1, 0.15) is 79.3 Å². The summed E-state index contributed by atoms with van der Waals surface area (Å²) in [5, 5.41) is 20.6. The number of nitrogens with zero attached hydrogens (tertiary/aromatic N) is 5. The lowest BCUT2D eigenvalue weighted by molar-refractivity contribution is -0.119. The molecule has 5 aliphatic rings. The second-order valence-electron chi connectivity index (χ2n) is 13.1. The highest BCUT2D eigenvalue weighted by atomic mass is 19.1. The first kappa shape index (κ1) is 28.3. The minimum atomic E-state index is -0.890. The maximum Gasteiger partial charge on any atom is 0.318 e. The van der Waals surface area contributed by atoms with Crippen molar-refractivity contribution in [3.63, 3.8) is 0 Å². The van der Waals surface area contributed by atoms with Gasteiger partial charge in [-0.15, -0.1) is 0 Å². The lowest BCUT2D eigenvalue weighted by Crippen LogP contribution is -2.45. The zero-order chi connectivity index (χ0) is 30.1. The predicted octanol–water partition coefficient (Wildman–Crippen LogP) is 2.18. The van der Waals surface area contributed by atoms with Crippen LogP contribution < -0.4 is 21.1 Å². The van der Waals surface area contributed by atoms with Crippen LogP contribution >= 0.6 is 0 Å². The number of carbonyl (C=O) groups excluding carboxylic acids is 1. The molecule has 1 spiro atoms. The summed E-state index contributed by atoms with van der Waals surface area (Å²) < 4.78 is 27.5. The second-order valence-corrected chi connectivity index (χ2v) is 13.1. The lowest BCUT2D eigenvalue weighted by Gasteiger charge is -2.45. The molecule has 43 heavy (non-hydrogen) atoms. The van der Waals surface area contributed by atoms with E-state index in [2.05, 4.69) is 17.9 Å². The first-order valence-electron chi connectivity index (χ1n) is 15.3. The predicted molar refractivity (Wildman–Crippen MR) is 155 cm³/mol. The van der Waals surface area contributed by atoms with Gasteiger partial charge < -0.3 is 30.9 Å². The van der Waals surface area contributed by atoms with Crippen LogP contribution in [0, 0.1) is 11.3 Å². The van der Waals surface area contributed by atoms with Crippen molar-refractivity contribution in [3.8, 4) is 12.1 Å². The van der Waals surface area contributed by atoms with Crippen LogP contribution in [0.25, 0.3) is 0 Å². The van der Waals surface area contributed by atoms with Crippen LogP contribution in [0.3, 0.4) is 0 Å². The van der Waals surface area contributed by atoms with E-state index < -0.39 is 29.8 Å². The van der Waals surface area contributed by atoms with Gasteiger partial charge in [-0.2, -0.15) is 15.2 Å². The monoisotopic (exact) mass is 591 g/mol. The molecular formula is C31H38FN7O4. The van der Waals surface area contributed by atoms with E-state index in [-0.39, 0.29) is 43.6 Å². The maximum absolute atomic E-state index is 14.5. The van der Waals surface area contributed by atoms with E-state index in [4.69, 9.17) is 30.9 Å². The molecular weight excluding hydrogens is 553 g/mol. The largest absolute Gasteiger partial charge is 0.461 e. The molecule has 7 rings (SSSR count). The topological polar surface area (TPSA) is 164 Å². The normalized spacial score (nSPS) is 33.2. The number of rotatable bonds is 5. The Bertz CT molecular complexity index is 1520. The Balaban J connectivity index is 1.31. The molecule has 1 aromatic heterocycles. The number of halogens is 1. The maximum atomic E-state index is 14.5. The van der Waals surface area contributed by atoms with Gasteiger partial charge in [-0.1, -0.05) is 13.0 Å². The number of ether oxygens (including phenoxy) is 2.